The highest BCUT2D eigenvalue weighted by Gasteiger charge is 2.41. The van der Waals surface area contributed by atoms with Crippen LogP contribution in [0.2, 0.25) is 0 Å². The van der Waals surface area contributed by atoms with Crippen LogP contribution in [-0.4, -0.2) is 35.3 Å². The van der Waals surface area contributed by atoms with E-state index in [9.17, 15) is 9.59 Å². The number of carbonyl (C=O) groups is 2. The minimum Gasteiger partial charge on any atom is -0.497 e. The summed E-state index contributed by atoms with van der Waals surface area (Å²) >= 11 is 0. The van der Waals surface area contributed by atoms with Gasteiger partial charge in [-0.2, -0.15) is 0 Å². The quantitative estimate of drug-likeness (QED) is 0.460. The van der Waals surface area contributed by atoms with Crippen LogP contribution in [0.5, 0.6) is 17.2 Å². The number of methoxy groups -OCH3 is 1. The number of nitrogens with one attached hydrogen (secondary N) is 1. The summed E-state index contributed by atoms with van der Waals surface area (Å²) in [4.78, 5) is 32.9. The summed E-state index contributed by atoms with van der Waals surface area (Å²) in [5.74, 6) is 2.04. The van der Waals surface area contributed by atoms with Gasteiger partial charge in [0.15, 0.2) is 11.5 Å². The van der Waals surface area contributed by atoms with Gasteiger partial charge in [-0.15, -0.1) is 0 Å². The van der Waals surface area contributed by atoms with Gasteiger partial charge in [-0.25, -0.2) is 4.98 Å². The number of fused-ring (bicyclic) bond motifs is 4. The van der Waals surface area contributed by atoms with Crippen LogP contribution < -0.4 is 24.4 Å². The lowest BCUT2D eigenvalue weighted by Gasteiger charge is -2.16. The average Bonchev–Trinajstić information content (AvgIpc) is 3.55. The Morgan fingerprint density at radius 3 is 2.71 bits per heavy atom. The molecule has 0 spiro atoms. The van der Waals surface area contributed by atoms with Gasteiger partial charge in [0.1, 0.15) is 11.8 Å². The van der Waals surface area contributed by atoms with Gasteiger partial charge < -0.3 is 19.5 Å². The first-order valence-corrected chi connectivity index (χ1v) is 11.2. The molecular formula is C26H22N4O5. The molecule has 2 aliphatic heterocycles. The maximum Gasteiger partial charge on any atom is 0.253 e. The summed E-state index contributed by atoms with van der Waals surface area (Å²) in [6, 6.07) is 19.7. The van der Waals surface area contributed by atoms with E-state index in [0.29, 0.717) is 29.7 Å². The van der Waals surface area contributed by atoms with E-state index in [4.69, 9.17) is 19.2 Å². The van der Waals surface area contributed by atoms with Gasteiger partial charge in [0, 0.05) is 11.8 Å². The number of imidazole rings is 1. The smallest absolute Gasteiger partial charge is 0.253 e. The topological polar surface area (TPSA) is 94.9 Å². The predicted octanol–water partition coefficient (Wildman–Crippen LogP) is 3.89. The minimum atomic E-state index is -0.704. The molecule has 0 aliphatic carbocycles. The molecule has 9 heteroatoms. The van der Waals surface area contributed by atoms with Crippen LogP contribution in [0.1, 0.15) is 18.0 Å². The van der Waals surface area contributed by atoms with E-state index < -0.39 is 6.04 Å². The number of aromatic nitrogens is 2. The van der Waals surface area contributed by atoms with Gasteiger partial charge in [-0.3, -0.25) is 19.1 Å². The first-order chi connectivity index (χ1) is 17.1. The van der Waals surface area contributed by atoms with Gasteiger partial charge in [-0.1, -0.05) is 24.3 Å². The van der Waals surface area contributed by atoms with Gasteiger partial charge >= 0.3 is 0 Å². The standard InChI is InChI=1S/C26H22N4O5/c1-33-18-9-6-16(7-10-18)14-29-25(32)21(30-20-5-3-2-4-19(20)28-26(29)30)13-24(31)27-17-8-11-22-23(12-17)35-15-34-22/h2-12,21H,13-15H2,1H3,(H,27,31)/t21-/m0/s1. The maximum atomic E-state index is 13.6. The molecule has 3 heterocycles. The number of benzene rings is 3. The molecule has 4 aromatic rings. The zero-order valence-electron chi connectivity index (χ0n) is 18.9. The highest BCUT2D eigenvalue weighted by Crippen LogP contribution is 2.38. The molecule has 176 valence electrons. The van der Waals surface area contributed by atoms with Crippen LogP contribution in [0.3, 0.4) is 0 Å². The Kier molecular flexibility index (Phi) is 5.02. The summed E-state index contributed by atoms with van der Waals surface area (Å²) in [6.07, 6.45) is -0.0280. The van der Waals surface area contributed by atoms with Crippen molar-refractivity contribution in [2.24, 2.45) is 0 Å². The van der Waals surface area contributed by atoms with Crippen molar-refractivity contribution in [3.63, 3.8) is 0 Å². The van der Waals surface area contributed by atoms with E-state index in [1.165, 1.54) is 0 Å². The molecule has 1 N–H and O–H groups in total. The minimum absolute atomic E-state index is 0.0280. The van der Waals surface area contributed by atoms with Crippen molar-refractivity contribution in [3.05, 3.63) is 72.3 Å². The molecule has 0 fully saturated rings. The second-order valence-corrected chi connectivity index (χ2v) is 8.38. The third-order valence-corrected chi connectivity index (χ3v) is 6.22. The Hall–Kier alpha value is -4.53. The zero-order chi connectivity index (χ0) is 23.9. The van der Waals surface area contributed by atoms with Crippen molar-refractivity contribution < 1.29 is 23.8 Å². The molecule has 2 aliphatic rings. The van der Waals surface area contributed by atoms with Crippen LogP contribution in [0.15, 0.2) is 66.7 Å². The number of ether oxygens (including phenoxy) is 3. The molecule has 9 nitrogen and oxygen atoms in total. The summed E-state index contributed by atoms with van der Waals surface area (Å²) < 4.78 is 17.8. The SMILES string of the molecule is COc1ccc(CN2C(=O)[C@H](CC(=O)Nc3ccc4c(c3)OCO4)n3c2nc2ccccc23)cc1. The van der Waals surface area contributed by atoms with Gasteiger partial charge in [0.05, 0.1) is 31.1 Å². The Bertz CT molecular complexity index is 1450. The first kappa shape index (κ1) is 21.0. The summed E-state index contributed by atoms with van der Waals surface area (Å²) in [5, 5.41) is 2.87. The molecule has 3 aromatic carbocycles. The van der Waals surface area contributed by atoms with Crippen LogP contribution in [-0.2, 0) is 16.1 Å². The number of carbonyl (C=O) groups excluding carboxylic acids is 2. The second-order valence-electron chi connectivity index (χ2n) is 8.38. The third-order valence-electron chi connectivity index (χ3n) is 6.22. The fourth-order valence-corrected chi connectivity index (χ4v) is 4.52. The van der Waals surface area contributed by atoms with Crippen molar-refractivity contribution in [2.75, 3.05) is 24.1 Å². The van der Waals surface area contributed by atoms with Crippen LogP contribution >= 0.6 is 0 Å². The predicted molar refractivity (Wildman–Crippen MR) is 129 cm³/mol. The number of rotatable bonds is 6. The lowest BCUT2D eigenvalue weighted by atomic mass is 10.1. The molecule has 1 aromatic heterocycles. The lowest BCUT2D eigenvalue weighted by molar-refractivity contribution is -0.124. The van der Waals surface area contributed by atoms with E-state index >= 15 is 0 Å². The Balaban J connectivity index is 1.28. The van der Waals surface area contributed by atoms with Crippen molar-refractivity contribution in [1.29, 1.82) is 0 Å². The largest absolute Gasteiger partial charge is 0.497 e. The van der Waals surface area contributed by atoms with Gasteiger partial charge in [0.25, 0.3) is 5.91 Å². The molecule has 0 bridgehead atoms. The molecule has 1 atom stereocenters. The summed E-state index contributed by atoms with van der Waals surface area (Å²) in [6.45, 7) is 0.496. The van der Waals surface area contributed by atoms with Crippen molar-refractivity contribution in [3.8, 4) is 17.2 Å². The fourth-order valence-electron chi connectivity index (χ4n) is 4.52. The molecule has 0 radical (unpaired) electrons. The number of anilines is 2. The van der Waals surface area contributed by atoms with E-state index in [2.05, 4.69) is 5.32 Å². The normalized spacial score (nSPS) is 16.0. The number of amides is 2. The number of nitrogens with zero attached hydrogens (tertiary/aromatic N) is 3. The van der Waals surface area contributed by atoms with Crippen LogP contribution in [0, 0.1) is 0 Å². The molecule has 35 heavy (non-hydrogen) atoms. The van der Waals surface area contributed by atoms with Crippen LogP contribution in [0.4, 0.5) is 11.6 Å². The molecule has 0 unspecified atom stereocenters. The third kappa shape index (κ3) is 3.71. The fraction of sp³-hybridized carbons (Fsp3) is 0.192. The van der Waals surface area contributed by atoms with E-state index in [0.717, 1.165) is 22.3 Å². The maximum absolute atomic E-state index is 13.6. The second kappa shape index (κ2) is 8.35. The van der Waals surface area contributed by atoms with Crippen molar-refractivity contribution in [2.45, 2.75) is 19.0 Å². The first-order valence-electron chi connectivity index (χ1n) is 11.2. The van der Waals surface area contributed by atoms with E-state index in [-0.39, 0.29) is 25.0 Å². The highest BCUT2D eigenvalue weighted by atomic mass is 16.7. The van der Waals surface area contributed by atoms with Gasteiger partial charge in [0.2, 0.25) is 18.6 Å². The van der Waals surface area contributed by atoms with E-state index in [1.54, 1.807) is 30.2 Å². The monoisotopic (exact) mass is 470 g/mol. The molecule has 6 rings (SSSR count). The average molecular weight is 470 g/mol. The molecule has 0 saturated carbocycles. The Labute approximate surface area is 200 Å². The van der Waals surface area contributed by atoms with Gasteiger partial charge in [-0.05, 0) is 42.0 Å². The van der Waals surface area contributed by atoms with Crippen LogP contribution in [0.25, 0.3) is 11.0 Å². The van der Waals surface area contributed by atoms with Crippen molar-refractivity contribution in [1.82, 2.24) is 9.55 Å². The van der Waals surface area contributed by atoms with E-state index in [1.807, 2.05) is 53.1 Å². The molecular weight excluding hydrogens is 448 g/mol. The molecule has 0 saturated heterocycles. The highest BCUT2D eigenvalue weighted by molar-refractivity contribution is 6.05. The number of hydrogen-bond acceptors (Lipinski definition) is 6. The number of para-hydroxylation sites is 2. The van der Waals surface area contributed by atoms with Crippen molar-refractivity contribution >= 4 is 34.5 Å². The summed E-state index contributed by atoms with van der Waals surface area (Å²) in [5.41, 5.74) is 3.10. The Morgan fingerprint density at radius 2 is 1.89 bits per heavy atom. The zero-order valence-corrected chi connectivity index (χ0v) is 18.9. The molecule has 2 amide bonds. The Morgan fingerprint density at radius 1 is 1.09 bits per heavy atom. The lowest BCUT2D eigenvalue weighted by Crippen LogP contribution is -2.31. The number of hydrogen-bond donors (Lipinski definition) is 1. The summed E-state index contributed by atoms with van der Waals surface area (Å²) in [7, 11) is 1.61.